The Morgan fingerprint density at radius 2 is 1.04 bits per heavy atom. The van der Waals surface area contributed by atoms with Gasteiger partial charge in [0, 0.05) is 46.7 Å². The van der Waals surface area contributed by atoms with Gasteiger partial charge in [0.15, 0.2) is 0 Å². The van der Waals surface area contributed by atoms with Gasteiger partial charge < -0.3 is 18.9 Å². The molecule has 0 fully saturated rings. The Hall–Kier alpha value is -1.69. The molecule has 0 aromatic heterocycles. The minimum Gasteiger partial charge on any atom is -0.462 e. The van der Waals surface area contributed by atoms with Crippen molar-refractivity contribution in [1.82, 2.24) is 0 Å². The topological polar surface area (TPSA) is 105 Å². The molecule has 0 aromatic carbocycles. The molecule has 2 unspecified atom stereocenters. The van der Waals surface area contributed by atoms with E-state index in [9.17, 15) is 19.2 Å². The lowest BCUT2D eigenvalue weighted by Gasteiger charge is -2.17. The van der Waals surface area contributed by atoms with Gasteiger partial charge in [0.25, 0.3) is 0 Å². The third-order valence-corrected chi connectivity index (χ3v) is 7.77. The predicted octanol–water partition coefficient (Wildman–Crippen LogP) is 0.377. The zero-order valence-electron chi connectivity index (χ0n) is 16.8. The molecule has 0 rings (SSSR count). The molecular weight excluding hydrogens is 388 g/mol. The van der Waals surface area contributed by atoms with Gasteiger partial charge in [-0.1, -0.05) is 18.5 Å². The van der Waals surface area contributed by atoms with Crippen LogP contribution in [0.4, 0.5) is 0 Å². The van der Waals surface area contributed by atoms with Crippen LogP contribution < -0.4 is 0 Å². The summed E-state index contributed by atoms with van der Waals surface area (Å²) < 4.78 is 20.2. The van der Waals surface area contributed by atoms with Gasteiger partial charge >= 0.3 is 23.9 Å². The molecule has 0 aliphatic carbocycles. The fraction of sp³-hybridized carbons (Fsp3) is 0.765. The van der Waals surface area contributed by atoms with E-state index in [1.807, 2.05) is 0 Å². The quantitative estimate of drug-likeness (QED) is 0.172. The zero-order chi connectivity index (χ0) is 20.7. The second kappa shape index (κ2) is 15.4. The first-order valence-electron chi connectivity index (χ1n) is 9.31. The van der Waals surface area contributed by atoms with E-state index in [4.69, 9.17) is 18.9 Å². The van der Waals surface area contributed by atoms with Gasteiger partial charge in [0.1, 0.15) is 25.4 Å². The number of rotatable bonds is 14. The van der Waals surface area contributed by atoms with E-state index in [1.54, 1.807) is 0 Å². The van der Waals surface area contributed by atoms with Crippen LogP contribution in [0.5, 0.6) is 0 Å². The summed E-state index contributed by atoms with van der Waals surface area (Å²) in [6.07, 6.45) is 0.416. The highest BCUT2D eigenvalue weighted by molar-refractivity contribution is 6.37. The van der Waals surface area contributed by atoms with E-state index in [0.29, 0.717) is 0 Å². The largest absolute Gasteiger partial charge is 0.462 e. The van der Waals surface area contributed by atoms with Gasteiger partial charge in [-0.05, 0) is 12.1 Å². The first kappa shape index (κ1) is 25.3. The molecule has 0 aliphatic rings. The van der Waals surface area contributed by atoms with Crippen LogP contribution in [0, 0.1) is 0 Å². The van der Waals surface area contributed by atoms with E-state index in [0.717, 1.165) is 30.6 Å². The SMILES string of the molecule is CC(=O)OCC(C[SiH2]CCC[SiH2]CC(COC(C)=O)OC(C)=O)OC(C)=O. The van der Waals surface area contributed by atoms with Crippen LogP contribution in [-0.2, 0) is 38.1 Å². The molecule has 2 atom stereocenters. The molecule has 0 aliphatic heterocycles. The Labute approximate surface area is 165 Å². The van der Waals surface area contributed by atoms with Gasteiger partial charge in [-0.3, -0.25) is 19.2 Å². The Balaban J connectivity index is 3.95. The summed E-state index contributed by atoms with van der Waals surface area (Å²) in [7, 11) is -0.822. The molecule has 0 saturated heterocycles. The van der Waals surface area contributed by atoms with Crippen molar-refractivity contribution in [2.45, 2.75) is 70.5 Å². The van der Waals surface area contributed by atoms with Crippen LogP contribution in [0.15, 0.2) is 0 Å². The third kappa shape index (κ3) is 17.5. The van der Waals surface area contributed by atoms with E-state index in [2.05, 4.69) is 0 Å². The van der Waals surface area contributed by atoms with Crippen molar-refractivity contribution in [3.63, 3.8) is 0 Å². The van der Waals surface area contributed by atoms with Gasteiger partial charge in [-0.25, -0.2) is 0 Å². The highest BCUT2D eigenvalue weighted by Crippen LogP contribution is 2.08. The van der Waals surface area contributed by atoms with E-state index in [-0.39, 0.29) is 49.3 Å². The maximum absolute atomic E-state index is 11.1. The molecule has 0 N–H and O–H groups in total. The van der Waals surface area contributed by atoms with Crippen molar-refractivity contribution in [3.05, 3.63) is 0 Å². The van der Waals surface area contributed by atoms with Gasteiger partial charge in [0.2, 0.25) is 0 Å². The summed E-state index contributed by atoms with van der Waals surface area (Å²) >= 11 is 0. The summed E-state index contributed by atoms with van der Waals surface area (Å²) in [6, 6.07) is 3.81. The van der Waals surface area contributed by atoms with Crippen molar-refractivity contribution < 1.29 is 38.1 Å². The fourth-order valence-electron chi connectivity index (χ4n) is 2.52. The smallest absolute Gasteiger partial charge is 0.303 e. The first-order valence-corrected chi connectivity index (χ1v) is 13.3. The summed E-state index contributed by atoms with van der Waals surface area (Å²) in [5.41, 5.74) is 0. The molecule has 0 saturated carbocycles. The summed E-state index contributed by atoms with van der Waals surface area (Å²) in [5, 5.41) is 0. The maximum atomic E-state index is 11.1. The minimum absolute atomic E-state index is 0.122. The number of carbonyl (C=O) groups excluding carboxylic acids is 4. The van der Waals surface area contributed by atoms with Crippen molar-refractivity contribution in [2.24, 2.45) is 0 Å². The molecule has 0 radical (unpaired) electrons. The van der Waals surface area contributed by atoms with Gasteiger partial charge in [-0.2, -0.15) is 0 Å². The molecule has 0 aromatic rings. The number of ether oxygens (including phenoxy) is 4. The maximum Gasteiger partial charge on any atom is 0.303 e. The van der Waals surface area contributed by atoms with E-state index >= 15 is 0 Å². The van der Waals surface area contributed by atoms with Crippen molar-refractivity contribution in [1.29, 1.82) is 0 Å². The Bertz CT molecular complexity index is 442. The fourth-order valence-corrected chi connectivity index (χ4v) is 6.70. The van der Waals surface area contributed by atoms with Gasteiger partial charge in [-0.15, -0.1) is 0 Å². The van der Waals surface area contributed by atoms with Crippen LogP contribution >= 0.6 is 0 Å². The summed E-state index contributed by atoms with van der Waals surface area (Å²) in [4.78, 5) is 44.0. The molecule has 0 spiro atoms. The normalized spacial score (nSPS) is 13.5. The number of carbonyl (C=O) groups is 4. The van der Waals surface area contributed by atoms with Crippen molar-refractivity contribution in [2.75, 3.05) is 13.2 Å². The Morgan fingerprint density at radius 1 is 0.667 bits per heavy atom. The molecule has 10 heteroatoms. The zero-order valence-corrected chi connectivity index (χ0v) is 19.6. The molecule has 0 amide bonds. The van der Waals surface area contributed by atoms with Crippen LogP contribution in [0.2, 0.25) is 24.2 Å². The standard InChI is InChI=1S/C17H32O8Si2/c1-12(18)22-8-16(24-14(3)20)10-26-6-5-7-27-11-17(25-15(4)21)9-23-13(2)19/h16-17H,5-11,26-27H2,1-4H3. The van der Waals surface area contributed by atoms with Crippen LogP contribution in [-0.4, -0.2) is 68.3 Å². The van der Waals surface area contributed by atoms with Crippen molar-refractivity contribution >= 4 is 42.9 Å². The molecular formula is C17H32O8Si2. The molecule has 0 heterocycles. The second-order valence-corrected chi connectivity index (χ2v) is 10.4. The summed E-state index contributed by atoms with van der Waals surface area (Å²) in [6.45, 7) is 5.61. The van der Waals surface area contributed by atoms with E-state index < -0.39 is 19.0 Å². The lowest BCUT2D eigenvalue weighted by molar-refractivity contribution is -0.155. The highest BCUT2D eigenvalue weighted by atomic mass is 28.2. The minimum atomic E-state index is -0.411. The van der Waals surface area contributed by atoms with Gasteiger partial charge in [0.05, 0.1) is 0 Å². The molecule has 0 bridgehead atoms. The Morgan fingerprint density at radius 3 is 1.33 bits per heavy atom. The average Bonchev–Trinajstić information content (AvgIpc) is 2.55. The number of hydrogen-bond donors (Lipinski definition) is 0. The molecule has 8 nitrogen and oxygen atoms in total. The molecule has 27 heavy (non-hydrogen) atoms. The lowest BCUT2D eigenvalue weighted by atomic mass is 10.4. The number of hydrogen-bond acceptors (Lipinski definition) is 8. The lowest BCUT2D eigenvalue weighted by Crippen LogP contribution is -2.25. The van der Waals surface area contributed by atoms with Crippen LogP contribution in [0.3, 0.4) is 0 Å². The van der Waals surface area contributed by atoms with E-state index in [1.165, 1.54) is 27.7 Å². The summed E-state index contributed by atoms with van der Waals surface area (Å²) in [5.74, 6) is -1.48. The predicted molar refractivity (Wildman–Crippen MR) is 105 cm³/mol. The van der Waals surface area contributed by atoms with Crippen LogP contribution in [0.25, 0.3) is 0 Å². The number of esters is 4. The second-order valence-electron chi connectivity index (χ2n) is 6.41. The van der Waals surface area contributed by atoms with Crippen LogP contribution in [0.1, 0.15) is 34.1 Å². The average molecular weight is 421 g/mol. The van der Waals surface area contributed by atoms with Crippen molar-refractivity contribution in [3.8, 4) is 0 Å². The third-order valence-electron chi connectivity index (χ3n) is 3.66. The monoisotopic (exact) mass is 420 g/mol. The first-order chi connectivity index (χ1) is 12.7. The Kier molecular flexibility index (Phi) is 14.4. The highest BCUT2D eigenvalue weighted by Gasteiger charge is 2.15. The molecule has 156 valence electrons.